The van der Waals surface area contributed by atoms with E-state index in [1.807, 2.05) is 0 Å². The highest BCUT2D eigenvalue weighted by molar-refractivity contribution is 5.72. The van der Waals surface area contributed by atoms with Crippen LogP contribution < -0.4 is 10.6 Å². The lowest BCUT2D eigenvalue weighted by Gasteiger charge is -2.28. The number of rotatable bonds is 8. The topological polar surface area (TPSA) is 67.4 Å². The van der Waals surface area contributed by atoms with E-state index in [0.29, 0.717) is 30.8 Å². The zero-order chi connectivity index (χ0) is 19.2. The molecule has 146 valence electrons. The Kier molecular flexibility index (Phi) is 7.37. The van der Waals surface area contributed by atoms with Crippen molar-refractivity contribution in [2.45, 2.75) is 72.3 Å². The highest BCUT2D eigenvalue weighted by atomic mass is 16.6. The first-order valence-electron chi connectivity index (χ1n) is 9.93. The van der Waals surface area contributed by atoms with Crippen molar-refractivity contribution in [1.29, 1.82) is 0 Å². The third kappa shape index (κ3) is 6.90. The van der Waals surface area contributed by atoms with Gasteiger partial charge in [-0.05, 0) is 37.0 Å². The van der Waals surface area contributed by atoms with Crippen LogP contribution in [0, 0.1) is 35.0 Å². The van der Waals surface area contributed by atoms with Crippen LogP contribution in [0.25, 0.3) is 0 Å². The van der Waals surface area contributed by atoms with E-state index in [0.717, 1.165) is 38.5 Å². The smallest absolute Gasteiger partial charge is 0.407 e. The van der Waals surface area contributed by atoms with Crippen molar-refractivity contribution in [1.82, 2.24) is 10.6 Å². The van der Waals surface area contributed by atoms with E-state index in [4.69, 9.17) is 4.74 Å². The van der Waals surface area contributed by atoms with Crippen LogP contribution in [-0.4, -0.2) is 31.2 Å². The molecule has 0 aromatic rings. The highest BCUT2D eigenvalue weighted by Crippen LogP contribution is 2.48. The van der Waals surface area contributed by atoms with E-state index in [1.54, 1.807) is 0 Å². The van der Waals surface area contributed by atoms with Gasteiger partial charge in [0.05, 0.1) is 0 Å². The molecule has 0 radical (unpaired) electrons. The molecule has 2 rings (SSSR count). The summed E-state index contributed by atoms with van der Waals surface area (Å²) in [5.74, 6) is 7.86. The number of alkyl carbamates (subject to hydrolysis) is 1. The molecule has 0 spiro atoms. The zero-order valence-electron chi connectivity index (χ0n) is 16.7. The standard InChI is InChI=1S/C21H34N2O3/c1-15(11-12-22-16(2)24)13-21(3,4)14-23-20(25)26-19-17-9-7-5-6-8-10-18(17)19/h15,17-19H,7-14H2,1-4H3,(H,22,24)(H,23,25). The quantitative estimate of drug-likeness (QED) is 0.650. The van der Waals surface area contributed by atoms with Gasteiger partial charge >= 0.3 is 6.09 Å². The molecule has 2 aliphatic rings. The molecular weight excluding hydrogens is 328 g/mol. The number of carbonyl (C=O) groups excluding carboxylic acids is 2. The van der Waals surface area contributed by atoms with Crippen molar-refractivity contribution in [3.8, 4) is 11.8 Å². The van der Waals surface area contributed by atoms with Crippen LogP contribution in [0.2, 0.25) is 0 Å². The summed E-state index contributed by atoms with van der Waals surface area (Å²) in [6.45, 7) is 9.34. The number of amides is 2. The molecule has 1 saturated carbocycles. The minimum atomic E-state index is -0.290. The number of hydrogen-bond donors (Lipinski definition) is 2. The van der Waals surface area contributed by atoms with Gasteiger partial charge in [0, 0.05) is 44.7 Å². The molecule has 1 fully saturated rings. The molecule has 2 aliphatic carbocycles. The summed E-state index contributed by atoms with van der Waals surface area (Å²) < 4.78 is 5.66. The first-order chi connectivity index (χ1) is 12.3. The Morgan fingerprint density at radius 3 is 2.35 bits per heavy atom. The van der Waals surface area contributed by atoms with Crippen LogP contribution in [0.1, 0.15) is 66.2 Å². The minimum absolute atomic E-state index is 0.00618. The molecule has 2 N–H and O–H groups in total. The van der Waals surface area contributed by atoms with Crippen LogP contribution in [0.15, 0.2) is 0 Å². The van der Waals surface area contributed by atoms with Gasteiger partial charge in [0.25, 0.3) is 0 Å². The van der Waals surface area contributed by atoms with Crippen LogP contribution in [0.5, 0.6) is 0 Å². The Morgan fingerprint density at radius 2 is 1.77 bits per heavy atom. The van der Waals surface area contributed by atoms with Gasteiger partial charge < -0.3 is 15.4 Å². The number of ether oxygens (including phenoxy) is 1. The molecule has 3 unspecified atom stereocenters. The van der Waals surface area contributed by atoms with E-state index in [-0.39, 0.29) is 23.5 Å². The molecule has 0 saturated heterocycles. The van der Waals surface area contributed by atoms with Crippen LogP contribution in [0.4, 0.5) is 4.79 Å². The Labute approximate surface area is 158 Å². The predicted octanol–water partition coefficient (Wildman–Crippen LogP) is 3.48. The van der Waals surface area contributed by atoms with Gasteiger partial charge in [0.15, 0.2) is 0 Å². The highest BCUT2D eigenvalue weighted by Gasteiger charge is 2.52. The summed E-state index contributed by atoms with van der Waals surface area (Å²) >= 11 is 0. The molecule has 2 amide bonds. The Hall–Kier alpha value is -1.70. The number of carbonyl (C=O) groups is 2. The van der Waals surface area contributed by atoms with E-state index in [2.05, 4.69) is 43.2 Å². The summed E-state index contributed by atoms with van der Waals surface area (Å²) in [5, 5.41) is 5.79. The summed E-state index contributed by atoms with van der Waals surface area (Å²) in [6, 6.07) is 0. The second kappa shape index (κ2) is 9.30. The lowest BCUT2D eigenvalue weighted by atomic mass is 9.82. The predicted molar refractivity (Wildman–Crippen MR) is 102 cm³/mol. The molecule has 5 nitrogen and oxygen atoms in total. The molecular formula is C21H34N2O3. The summed E-state index contributed by atoms with van der Waals surface area (Å²) in [6.07, 6.45) is 5.66. The lowest BCUT2D eigenvalue weighted by Crippen LogP contribution is -2.36. The van der Waals surface area contributed by atoms with Gasteiger partial charge in [-0.1, -0.05) is 20.8 Å². The average Bonchev–Trinajstić information content (AvgIpc) is 3.13. The van der Waals surface area contributed by atoms with Gasteiger partial charge in [-0.15, -0.1) is 11.8 Å². The third-order valence-corrected chi connectivity index (χ3v) is 5.45. The van der Waals surface area contributed by atoms with Crippen molar-refractivity contribution in [2.24, 2.45) is 23.2 Å². The Balaban J connectivity index is 1.65. The minimum Gasteiger partial charge on any atom is -0.446 e. The first kappa shape index (κ1) is 20.6. The zero-order valence-corrected chi connectivity index (χ0v) is 16.7. The Morgan fingerprint density at radius 1 is 1.15 bits per heavy atom. The molecule has 26 heavy (non-hydrogen) atoms. The lowest BCUT2D eigenvalue weighted by molar-refractivity contribution is -0.119. The molecule has 0 aliphatic heterocycles. The summed E-state index contributed by atoms with van der Waals surface area (Å²) in [4.78, 5) is 23.1. The van der Waals surface area contributed by atoms with Gasteiger partial charge in [-0.25, -0.2) is 4.79 Å². The van der Waals surface area contributed by atoms with Gasteiger partial charge in [-0.2, -0.15) is 0 Å². The largest absolute Gasteiger partial charge is 0.446 e. The molecule has 5 heteroatoms. The molecule has 0 aromatic carbocycles. The van der Waals surface area contributed by atoms with Crippen molar-refractivity contribution < 1.29 is 14.3 Å². The van der Waals surface area contributed by atoms with E-state index in [9.17, 15) is 9.59 Å². The number of hydrogen-bond acceptors (Lipinski definition) is 3. The molecule has 3 atom stereocenters. The first-order valence-corrected chi connectivity index (χ1v) is 9.93. The van der Waals surface area contributed by atoms with E-state index < -0.39 is 0 Å². The second-order valence-corrected chi connectivity index (χ2v) is 8.73. The van der Waals surface area contributed by atoms with E-state index >= 15 is 0 Å². The molecule has 0 bridgehead atoms. The van der Waals surface area contributed by atoms with Crippen LogP contribution >= 0.6 is 0 Å². The summed E-state index contributed by atoms with van der Waals surface area (Å²) in [7, 11) is 0. The maximum Gasteiger partial charge on any atom is 0.407 e. The Bertz CT molecular complexity index is 543. The van der Waals surface area contributed by atoms with Gasteiger partial charge in [-0.3, -0.25) is 4.79 Å². The van der Waals surface area contributed by atoms with Crippen molar-refractivity contribution in [3.05, 3.63) is 0 Å². The normalized spacial score (nSPS) is 25.5. The maximum absolute atomic E-state index is 12.2. The fraction of sp³-hybridized carbons (Fsp3) is 0.810. The van der Waals surface area contributed by atoms with Gasteiger partial charge in [0.2, 0.25) is 5.91 Å². The second-order valence-electron chi connectivity index (χ2n) is 8.73. The van der Waals surface area contributed by atoms with Crippen LogP contribution in [-0.2, 0) is 9.53 Å². The third-order valence-electron chi connectivity index (χ3n) is 5.45. The monoisotopic (exact) mass is 362 g/mol. The van der Waals surface area contributed by atoms with Crippen LogP contribution in [0.3, 0.4) is 0 Å². The van der Waals surface area contributed by atoms with Crippen molar-refractivity contribution >= 4 is 12.0 Å². The summed E-state index contributed by atoms with van der Waals surface area (Å²) in [5.41, 5.74) is -0.00618. The van der Waals surface area contributed by atoms with Crippen molar-refractivity contribution in [2.75, 3.05) is 13.1 Å². The molecule has 0 aromatic heterocycles. The fourth-order valence-electron chi connectivity index (χ4n) is 4.08. The number of nitrogens with one attached hydrogen (secondary N) is 2. The van der Waals surface area contributed by atoms with E-state index in [1.165, 1.54) is 6.92 Å². The maximum atomic E-state index is 12.2. The number of fused-ring (bicyclic) bond motifs is 1. The van der Waals surface area contributed by atoms with Gasteiger partial charge in [0.1, 0.15) is 6.10 Å². The fourth-order valence-corrected chi connectivity index (χ4v) is 4.08. The SMILES string of the molecule is CC(=O)NCCC(C)CC(C)(C)CNC(=O)OC1C2CCC#CCCC21. The molecule has 0 heterocycles. The van der Waals surface area contributed by atoms with Crippen molar-refractivity contribution in [3.63, 3.8) is 0 Å². The average molecular weight is 363 g/mol.